The van der Waals surface area contributed by atoms with Gasteiger partial charge in [-0.15, -0.1) is 0 Å². The molecule has 1 heterocycles. The molecular formula is C23H22ClNO. The van der Waals surface area contributed by atoms with Gasteiger partial charge in [-0.1, -0.05) is 35.9 Å². The highest BCUT2D eigenvalue weighted by Gasteiger charge is 2.24. The summed E-state index contributed by atoms with van der Waals surface area (Å²) in [5.41, 5.74) is 5.84. The smallest absolute Gasteiger partial charge is 0.185 e. The van der Waals surface area contributed by atoms with Gasteiger partial charge in [-0.05, 0) is 66.8 Å². The third-order valence-electron chi connectivity index (χ3n) is 5.24. The molecule has 2 aliphatic rings. The minimum Gasteiger partial charge on any atom is -0.374 e. The molecule has 1 saturated heterocycles. The van der Waals surface area contributed by atoms with E-state index in [1.165, 1.54) is 41.7 Å². The number of ketones is 1. The average Bonchev–Trinajstić information content (AvgIpc) is 3.06. The molecule has 2 nitrogen and oxygen atoms in total. The van der Waals surface area contributed by atoms with Crippen LogP contribution in [0.25, 0.3) is 5.57 Å². The molecule has 0 unspecified atom stereocenters. The van der Waals surface area contributed by atoms with E-state index in [1.807, 2.05) is 6.08 Å². The maximum absolute atomic E-state index is 12.5. The van der Waals surface area contributed by atoms with Crippen LogP contribution in [0.2, 0.25) is 5.02 Å². The van der Waals surface area contributed by atoms with Gasteiger partial charge in [0.15, 0.2) is 5.78 Å². The van der Waals surface area contributed by atoms with E-state index in [2.05, 4.69) is 29.2 Å². The van der Waals surface area contributed by atoms with Crippen LogP contribution in [-0.4, -0.2) is 23.8 Å². The third kappa shape index (κ3) is 3.47. The molecule has 0 spiro atoms. The molecule has 1 aliphatic heterocycles. The van der Waals surface area contributed by atoms with Crippen molar-refractivity contribution >= 4 is 23.0 Å². The molecule has 0 bridgehead atoms. The van der Waals surface area contributed by atoms with Gasteiger partial charge in [0.05, 0.1) is 0 Å². The second kappa shape index (κ2) is 7.51. The fraction of sp³-hybridized carbons (Fsp3) is 0.261. The third-order valence-corrected chi connectivity index (χ3v) is 5.50. The Balaban J connectivity index is 1.65. The Hall–Kier alpha value is -2.32. The Morgan fingerprint density at radius 3 is 2.46 bits per heavy atom. The SMILES string of the molecule is O=C(/C=C/C1=C(N2CCCCC2)Cc2ccccc21)c1ccc(Cl)cc1. The highest BCUT2D eigenvalue weighted by molar-refractivity contribution is 6.30. The molecule has 2 aromatic rings. The van der Waals surface area contributed by atoms with Crippen LogP contribution in [-0.2, 0) is 6.42 Å². The van der Waals surface area contributed by atoms with Crippen LogP contribution in [0.15, 0.2) is 66.4 Å². The fourth-order valence-corrected chi connectivity index (χ4v) is 4.00. The maximum Gasteiger partial charge on any atom is 0.185 e. The number of benzene rings is 2. The van der Waals surface area contributed by atoms with Crippen molar-refractivity contribution < 1.29 is 4.79 Å². The van der Waals surface area contributed by atoms with Crippen molar-refractivity contribution in [1.82, 2.24) is 4.90 Å². The van der Waals surface area contributed by atoms with Crippen LogP contribution in [0.3, 0.4) is 0 Å². The first-order valence-corrected chi connectivity index (χ1v) is 9.64. The van der Waals surface area contributed by atoms with Crippen molar-refractivity contribution in [2.24, 2.45) is 0 Å². The molecule has 0 atom stereocenters. The number of nitrogens with zero attached hydrogens (tertiary/aromatic N) is 1. The number of carbonyl (C=O) groups excluding carboxylic acids is 1. The number of allylic oxidation sites excluding steroid dienone is 4. The van der Waals surface area contributed by atoms with Crippen molar-refractivity contribution in [3.8, 4) is 0 Å². The lowest BCUT2D eigenvalue weighted by Crippen LogP contribution is -2.29. The quantitative estimate of drug-likeness (QED) is 0.525. The van der Waals surface area contributed by atoms with E-state index in [0.717, 1.165) is 19.5 Å². The number of hydrogen-bond acceptors (Lipinski definition) is 2. The molecule has 132 valence electrons. The zero-order valence-electron chi connectivity index (χ0n) is 14.7. The summed E-state index contributed by atoms with van der Waals surface area (Å²) in [6.07, 6.45) is 8.49. The average molecular weight is 364 g/mol. The number of halogens is 1. The second-order valence-electron chi connectivity index (χ2n) is 6.95. The lowest BCUT2D eigenvalue weighted by molar-refractivity contribution is 0.104. The first kappa shape index (κ1) is 17.1. The van der Waals surface area contributed by atoms with Crippen molar-refractivity contribution in [1.29, 1.82) is 0 Å². The molecule has 4 rings (SSSR count). The van der Waals surface area contributed by atoms with Gasteiger partial charge in [-0.25, -0.2) is 0 Å². The predicted molar refractivity (Wildman–Crippen MR) is 107 cm³/mol. The van der Waals surface area contributed by atoms with Gasteiger partial charge in [-0.3, -0.25) is 4.79 Å². The number of hydrogen-bond donors (Lipinski definition) is 0. The van der Waals surface area contributed by atoms with Crippen LogP contribution in [0.4, 0.5) is 0 Å². The van der Waals surface area contributed by atoms with E-state index in [0.29, 0.717) is 10.6 Å². The molecule has 0 N–H and O–H groups in total. The van der Waals surface area contributed by atoms with E-state index >= 15 is 0 Å². The van der Waals surface area contributed by atoms with Crippen LogP contribution in [0, 0.1) is 0 Å². The van der Waals surface area contributed by atoms with Gasteiger partial charge in [0.25, 0.3) is 0 Å². The van der Waals surface area contributed by atoms with Crippen LogP contribution >= 0.6 is 11.6 Å². The van der Waals surface area contributed by atoms with Crippen molar-refractivity contribution in [2.75, 3.05) is 13.1 Å². The topological polar surface area (TPSA) is 20.3 Å². The summed E-state index contributed by atoms with van der Waals surface area (Å²) in [5.74, 6) is 0.0107. The van der Waals surface area contributed by atoms with Gasteiger partial charge in [-0.2, -0.15) is 0 Å². The minimum atomic E-state index is 0.0107. The predicted octanol–water partition coefficient (Wildman–Crippen LogP) is 5.53. The number of carbonyl (C=O) groups is 1. The number of rotatable bonds is 4. The van der Waals surface area contributed by atoms with Gasteiger partial charge >= 0.3 is 0 Å². The standard InChI is InChI=1S/C23H22ClNO/c24-19-10-8-17(9-11-19)23(26)13-12-21-20-7-3-2-6-18(20)16-22(21)25-14-4-1-5-15-25/h2-3,6-13H,1,4-5,14-16H2/b13-12+. The molecule has 0 aromatic heterocycles. The van der Waals surface area contributed by atoms with E-state index in [-0.39, 0.29) is 5.78 Å². The van der Waals surface area contributed by atoms with Crippen LogP contribution in [0.5, 0.6) is 0 Å². The number of piperidine rings is 1. The number of likely N-dealkylation sites (tertiary alicyclic amines) is 1. The first-order chi connectivity index (χ1) is 12.7. The summed E-state index contributed by atoms with van der Waals surface area (Å²) in [4.78, 5) is 15.1. The van der Waals surface area contributed by atoms with Crippen molar-refractivity contribution in [3.63, 3.8) is 0 Å². The zero-order chi connectivity index (χ0) is 17.9. The lowest BCUT2D eigenvalue weighted by Gasteiger charge is -2.30. The molecule has 0 amide bonds. The Bertz CT molecular complexity index is 873. The maximum atomic E-state index is 12.5. The molecule has 26 heavy (non-hydrogen) atoms. The van der Waals surface area contributed by atoms with Crippen molar-refractivity contribution in [3.05, 3.63) is 88.1 Å². The van der Waals surface area contributed by atoms with Gasteiger partial charge in [0.2, 0.25) is 0 Å². The van der Waals surface area contributed by atoms with E-state index in [1.54, 1.807) is 30.3 Å². The summed E-state index contributed by atoms with van der Waals surface area (Å²) < 4.78 is 0. The number of fused-ring (bicyclic) bond motifs is 1. The summed E-state index contributed by atoms with van der Waals surface area (Å²) in [6, 6.07) is 15.6. The minimum absolute atomic E-state index is 0.0107. The Morgan fingerprint density at radius 2 is 1.69 bits per heavy atom. The summed E-state index contributed by atoms with van der Waals surface area (Å²) in [6.45, 7) is 2.23. The Morgan fingerprint density at radius 1 is 0.962 bits per heavy atom. The summed E-state index contributed by atoms with van der Waals surface area (Å²) >= 11 is 5.92. The van der Waals surface area contributed by atoms with Gasteiger partial charge < -0.3 is 4.90 Å². The van der Waals surface area contributed by atoms with Gasteiger partial charge in [0, 0.05) is 41.4 Å². The normalized spacial score (nSPS) is 17.0. The molecule has 0 radical (unpaired) electrons. The van der Waals surface area contributed by atoms with E-state index < -0.39 is 0 Å². The molecule has 0 saturated carbocycles. The second-order valence-corrected chi connectivity index (χ2v) is 7.38. The van der Waals surface area contributed by atoms with Crippen LogP contribution < -0.4 is 0 Å². The summed E-state index contributed by atoms with van der Waals surface area (Å²) in [5, 5.41) is 0.644. The van der Waals surface area contributed by atoms with E-state index in [4.69, 9.17) is 11.6 Å². The van der Waals surface area contributed by atoms with Crippen LogP contribution in [0.1, 0.15) is 40.7 Å². The zero-order valence-corrected chi connectivity index (χ0v) is 15.5. The highest BCUT2D eigenvalue weighted by atomic mass is 35.5. The molecule has 1 aliphatic carbocycles. The highest BCUT2D eigenvalue weighted by Crippen LogP contribution is 2.36. The Labute approximate surface area is 159 Å². The largest absolute Gasteiger partial charge is 0.374 e. The van der Waals surface area contributed by atoms with Crippen molar-refractivity contribution in [2.45, 2.75) is 25.7 Å². The fourth-order valence-electron chi connectivity index (χ4n) is 3.87. The lowest BCUT2D eigenvalue weighted by atomic mass is 10.0. The molecule has 2 aromatic carbocycles. The van der Waals surface area contributed by atoms with Gasteiger partial charge in [0.1, 0.15) is 0 Å². The van der Waals surface area contributed by atoms with E-state index in [9.17, 15) is 4.79 Å². The summed E-state index contributed by atoms with van der Waals surface area (Å²) in [7, 11) is 0. The monoisotopic (exact) mass is 363 g/mol. The first-order valence-electron chi connectivity index (χ1n) is 9.27. The molecule has 3 heteroatoms. The Kier molecular flexibility index (Phi) is 4.94. The molecular weight excluding hydrogens is 342 g/mol. The molecule has 1 fully saturated rings.